The molecule has 1 fully saturated rings. The monoisotopic (exact) mass is 303 g/mol. The van der Waals surface area contributed by atoms with Gasteiger partial charge in [0, 0.05) is 12.1 Å². The summed E-state index contributed by atoms with van der Waals surface area (Å²) in [5, 5.41) is 2.98. The average molecular weight is 303 g/mol. The molecule has 22 heavy (non-hydrogen) atoms. The molecule has 1 amide bonds. The van der Waals surface area contributed by atoms with Gasteiger partial charge in [-0.1, -0.05) is 31.4 Å². The molecule has 1 atom stereocenters. The van der Waals surface area contributed by atoms with Crippen LogP contribution >= 0.6 is 0 Å². The Bertz CT molecular complexity index is 521. The third kappa shape index (κ3) is 4.86. The van der Waals surface area contributed by atoms with E-state index in [1.807, 2.05) is 0 Å². The van der Waals surface area contributed by atoms with Crippen molar-refractivity contribution in [1.29, 1.82) is 0 Å². The number of hydrogen-bond acceptors (Lipinski definition) is 3. The fourth-order valence-electron chi connectivity index (χ4n) is 2.83. The Morgan fingerprint density at radius 2 is 2.00 bits per heavy atom. The van der Waals surface area contributed by atoms with Crippen LogP contribution < -0.4 is 10.1 Å². The Hall–Kier alpha value is -1.84. The van der Waals surface area contributed by atoms with Crippen molar-refractivity contribution in [2.45, 2.75) is 52.1 Å². The van der Waals surface area contributed by atoms with Crippen LogP contribution in [0.2, 0.25) is 0 Å². The van der Waals surface area contributed by atoms with Gasteiger partial charge < -0.3 is 10.1 Å². The Labute approximate surface area is 132 Å². The van der Waals surface area contributed by atoms with Gasteiger partial charge in [0.25, 0.3) is 5.91 Å². The highest BCUT2D eigenvalue weighted by atomic mass is 16.5. The normalized spacial score (nSPS) is 16.8. The molecule has 1 aliphatic carbocycles. The summed E-state index contributed by atoms with van der Waals surface area (Å²) in [6.07, 6.45) is 5.70. The summed E-state index contributed by atoms with van der Waals surface area (Å²) in [6, 6.07) is 6.94. The highest BCUT2D eigenvalue weighted by Crippen LogP contribution is 2.22. The molecule has 4 nitrogen and oxygen atoms in total. The number of benzene rings is 1. The lowest BCUT2D eigenvalue weighted by atomic mass is 9.89. The molecule has 0 heterocycles. The molecular formula is C18H25NO3. The quantitative estimate of drug-likeness (QED) is 0.820. The van der Waals surface area contributed by atoms with Gasteiger partial charge in [0.15, 0.2) is 11.9 Å². The van der Waals surface area contributed by atoms with Crippen LogP contribution in [0.25, 0.3) is 0 Å². The lowest BCUT2D eigenvalue weighted by Gasteiger charge is -2.23. The predicted molar refractivity (Wildman–Crippen MR) is 86.1 cm³/mol. The topological polar surface area (TPSA) is 55.4 Å². The molecule has 120 valence electrons. The first kappa shape index (κ1) is 16.5. The van der Waals surface area contributed by atoms with Crippen LogP contribution in [0.15, 0.2) is 24.3 Å². The summed E-state index contributed by atoms with van der Waals surface area (Å²) in [6.45, 7) is 3.98. The number of amides is 1. The first-order chi connectivity index (χ1) is 10.6. The molecule has 1 unspecified atom stereocenters. The molecule has 0 aromatic heterocycles. The highest BCUT2D eigenvalue weighted by Gasteiger charge is 2.18. The van der Waals surface area contributed by atoms with E-state index in [0.717, 1.165) is 6.54 Å². The summed E-state index contributed by atoms with van der Waals surface area (Å²) >= 11 is 0. The smallest absolute Gasteiger partial charge is 0.260 e. The second kappa shape index (κ2) is 7.97. The Morgan fingerprint density at radius 3 is 2.68 bits per heavy atom. The van der Waals surface area contributed by atoms with Gasteiger partial charge in [-0.2, -0.15) is 0 Å². The Kier molecular flexibility index (Phi) is 5.99. The van der Waals surface area contributed by atoms with E-state index in [-0.39, 0.29) is 11.7 Å². The number of carbonyl (C=O) groups is 2. The molecule has 1 aromatic carbocycles. The number of rotatable bonds is 6. The zero-order valence-electron chi connectivity index (χ0n) is 13.4. The second-order valence-electron chi connectivity index (χ2n) is 6.09. The molecule has 0 spiro atoms. The van der Waals surface area contributed by atoms with Gasteiger partial charge >= 0.3 is 0 Å². The lowest BCUT2D eigenvalue weighted by Crippen LogP contribution is -2.39. The van der Waals surface area contributed by atoms with E-state index in [1.165, 1.54) is 39.0 Å². The third-order valence-corrected chi connectivity index (χ3v) is 4.21. The minimum Gasteiger partial charge on any atom is -0.481 e. The molecule has 2 rings (SSSR count). The molecule has 1 N–H and O–H groups in total. The van der Waals surface area contributed by atoms with E-state index in [4.69, 9.17) is 4.74 Å². The number of carbonyl (C=O) groups excluding carboxylic acids is 2. The van der Waals surface area contributed by atoms with Crippen LogP contribution in [0.1, 0.15) is 56.3 Å². The van der Waals surface area contributed by atoms with Gasteiger partial charge in [-0.3, -0.25) is 9.59 Å². The summed E-state index contributed by atoms with van der Waals surface area (Å²) in [5.41, 5.74) is 0.590. The second-order valence-corrected chi connectivity index (χ2v) is 6.09. The van der Waals surface area contributed by atoms with Crippen molar-refractivity contribution in [3.05, 3.63) is 29.8 Å². The van der Waals surface area contributed by atoms with Crippen molar-refractivity contribution in [2.75, 3.05) is 6.54 Å². The van der Waals surface area contributed by atoms with Crippen LogP contribution in [0.3, 0.4) is 0 Å². The minimum atomic E-state index is -0.564. The highest BCUT2D eigenvalue weighted by molar-refractivity contribution is 5.94. The van der Waals surface area contributed by atoms with Gasteiger partial charge in [0.2, 0.25) is 0 Å². The Morgan fingerprint density at radius 1 is 1.27 bits per heavy atom. The molecule has 0 radical (unpaired) electrons. The van der Waals surface area contributed by atoms with Gasteiger partial charge in [-0.25, -0.2) is 0 Å². The fourth-order valence-corrected chi connectivity index (χ4v) is 2.83. The van der Waals surface area contributed by atoms with Crippen LogP contribution in [-0.2, 0) is 4.79 Å². The van der Waals surface area contributed by atoms with Crippen molar-refractivity contribution in [3.8, 4) is 5.75 Å². The average Bonchev–Trinajstić information content (AvgIpc) is 2.53. The van der Waals surface area contributed by atoms with E-state index in [9.17, 15) is 9.59 Å². The van der Waals surface area contributed by atoms with Crippen LogP contribution in [-0.4, -0.2) is 24.3 Å². The summed E-state index contributed by atoms with van der Waals surface area (Å²) < 4.78 is 5.64. The number of ketones is 1. The first-order valence-electron chi connectivity index (χ1n) is 8.11. The molecule has 0 saturated heterocycles. The number of nitrogens with one attached hydrogen (secondary N) is 1. The molecule has 4 heteroatoms. The van der Waals surface area contributed by atoms with E-state index in [0.29, 0.717) is 17.2 Å². The van der Waals surface area contributed by atoms with E-state index in [2.05, 4.69) is 5.32 Å². The third-order valence-electron chi connectivity index (χ3n) is 4.21. The van der Waals surface area contributed by atoms with Crippen molar-refractivity contribution < 1.29 is 14.3 Å². The standard InChI is InChI=1S/C18H25NO3/c1-13(20)16-9-6-10-17(11-16)22-14(2)18(21)19-12-15-7-4-3-5-8-15/h6,9-11,14-15H,3-5,7-8,12H2,1-2H3,(H,19,21). The van der Waals surface area contributed by atoms with Crippen LogP contribution in [0.5, 0.6) is 5.75 Å². The fraction of sp³-hybridized carbons (Fsp3) is 0.556. The molecule has 0 bridgehead atoms. The van der Waals surface area contributed by atoms with E-state index < -0.39 is 6.10 Å². The molecule has 1 aromatic rings. The van der Waals surface area contributed by atoms with Crippen LogP contribution in [0.4, 0.5) is 0 Å². The molecule has 0 aliphatic heterocycles. The van der Waals surface area contributed by atoms with E-state index >= 15 is 0 Å². The first-order valence-corrected chi connectivity index (χ1v) is 8.11. The largest absolute Gasteiger partial charge is 0.481 e. The zero-order chi connectivity index (χ0) is 15.9. The van der Waals surface area contributed by atoms with Gasteiger partial charge in [-0.05, 0) is 44.7 Å². The lowest BCUT2D eigenvalue weighted by molar-refractivity contribution is -0.127. The van der Waals surface area contributed by atoms with Gasteiger partial charge in [0.1, 0.15) is 5.75 Å². The van der Waals surface area contributed by atoms with Gasteiger partial charge in [0.05, 0.1) is 0 Å². The van der Waals surface area contributed by atoms with E-state index in [1.54, 1.807) is 31.2 Å². The number of Topliss-reactive ketones (excluding diaryl/α,β-unsaturated/α-hetero) is 1. The summed E-state index contributed by atoms with van der Waals surface area (Å²) in [4.78, 5) is 23.5. The van der Waals surface area contributed by atoms with Crippen molar-refractivity contribution in [2.24, 2.45) is 5.92 Å². The molecular weight excluding hydrogens is 278 g/mol. The summed E-state index contributed by atoms with van der Waals surface area (Å²) in [7, 11) is 0. The predicted octanol–water partition coefficient (Wildman–Crippen LogP) is 3.35. The zero-order valence-corrected chi connectivity index (χ0v) is 13.4. The molecule has 1 saturated carbocycles. The number of hydrogen-bond donors (Lipinski definition) is 1. The van der Waals surface area contributed by atoms with Crippen molar-refractivity contribution in [3.63, 3.8) is 0 Å². The van der Waals surface area contributed by atoms with Crippen LogP contribution in [0, 0.1) is 5.92 Å². The minimum absolute atomic E-state index is 0.0140. The maximum atomic E-state index is 12.1. The maximum absolute atomic E-state index is 12.1. The summed E-state index contributed by atoms with van der Waals surface area (Å²) in [5.74, 6) is 1.04. The maximum Gasteiger partial charge on any atom is 0.260 e. The molecule has 1 aliphatic rings. The number of ether oxygens (including phenoxy) is 1. The van der Waals surface area contributed by atoms with Crippen molar-refractivity contribution >= 4 is 11.7 Å². The SMILES string of the molecule is CC(=O)c1cccc(OC(C)C(=O)NCC2CCCCC2)c1. The van der Waals surface area contributed by atoms with Crippen molar-refractivity contribution in [1.82, 2.24) is 5.32 Å². The Balaban J connectivity index is 1.82. The van der Waals surface area contributed by atoms with Gasteiger partial charge in [-0.15, -0.1) is 0 Å².